The minimum atomic E-state index is 0.142. The van der Waals surface area contributed by atoms with E-state index in [4.69, 9.17) is 11.6 Å². The maximum atomic E-state index is 5.96. The number of benzene rings is 2. The summed E-state index contributed by atoms with van der Waals surface area (Å²) in [7, 11) is 1.79. The van der Waals surface area contributed by atoms with E-state index in [0.717, 1.165) is 30.6 Å². The van der Waals surface area contributed by atoms with Gasteiger partial charge in [0.05, 0.1) is 6.04 Å². The Balaban J connectivity index is 1.52. The van der Waals surface area contributed by atoms with E-state index in [2.05, 4.69) is 63.9 Å². The fourth-order valence-corrected chi connectivity index (χ4v) is 3.06. The average Bonchev–Trinajstić information content (AvgIpc) is 3.20. The summed E-state index contributed by atoms with van der Waals surface area (Å²) in [5.41, 5.74) is 3.65. The number of rotatable bonds is 5. The zero-order chi connectivity index (χ0) is 18.4. The van der Waals surface area contributed by atoms with Crippen molar-refractivity contribution in [3.63, 3.8) is 0 Å². The van der Waals surface area contributed by atoms with E-state index in [1.165, 1.54) is 16.8 Å². The molecule has 1 unspecified atom stereocenters. The first-order valence-corrected chi connectivity index (χ1v) is 9.25. The number of hydrogen-bond donors (Lipinski definition) is 2. The molecule has 0 saturated heterocycles. The molecule has 1 aliphatic heterocycles. The third-order valence-corrected chi connectivity index (χ3v) is 4.78. The standard InChI is InChI=1S/C21H25ClN4/c1-16(18-7-9-19(22)10-8-18)25-21(23-2)24-15-17-5-11-20(12-6-17)26-13-3-4-14-26/h3-12,16H,13-15H2,1-2H3,(H2,23,24,25). The number of aliphatic imine (C=N–C) groups is 1. The van der Waals surface area contributed by atoms with Gasteiger partial charge in [-0.3, -0.25) is 4.99 Å². The number of anilines is 1. The molecule has 26 heavy (non-hydrogen) atoms. The maximum Gasteiger partial charge on any atom is 0.191 e. The summed E-state index contributed by atoms with van der Waals surface area (Å²) < 4.78 is 0. The van der Waals surface area contributed by atoms with Crippen LogP contribution in [0, 0.1) is 0 Å². The first kappa shape index (κ1) is 18.3. The lowest BCUT2D eigenvalue weighted by atomic mass is 10.1. The molecule has 0 bridgehead atoms. The Morgan fingerprint density at radius 1 is 1.08 bits per heavy atom. The quantitative estimate of drug-likeness (QED) is 0.473. The van der Waals surface area contributed by atoms with E-state index < -0.39 is 0 Å². The van der Waals surface area contributed by atoms with Gasteiger partial charge in [-0.05, 0) is 42.3 Å². The molecule has 0 aromatic heterocycles. The number of nitrogens with zero attached hydrogens (tertiary/aromatic N) is 2. The van der Waals surface area contributed by atoms with E-state index >= 15 is 0 Å². The van der Waals surface area contributed by atoms with Crippen LogP contribution in [-0.4, -0.2) is 26.1 Å². The largest absolute Gasteiger partial charge is 0.364 e. The van der Waals surface area contributed by atoms with Crippen LogP contribution in [0.4, 0.5) is 5.69 Å². The van der Waals surface area contributed by atoms with Crippen molar-refractivity contribution in [2.75, 3.05) is 25.0 Å². The molecule has 0 amide bonds. The Bertz CT molecular complexity index is 758. The van der Waals surface area contributed by atoms with Crippen molar-refractivity contribution in [2.24, 2.45) is 4.99 Å². The van der Waals surface area contributed by atoms with E-state index in [-0.39, 0.29) is 6.04 Å². The van der Waals surface area contributed by atoms with Gasteiger partial charge in [-0.1, -0.05) is 48.0 Å². The highest BCUT2D eigenvalue weighted by Crippen LogP contribution is 2.18. The third kappa shape index (κ3) is 4.79. The zero-order valence-corrected chi connectivity index (χ0v) is 16.0. The van der Waals surface area contributed by atoms with Crippen molar-refractivity contribution >= 4 is 23.2 Å². The lowest BCUT2D eigenvalue weighted by molar-refractivity contribution is 0.685. The van der Waals surface area contributed by atoms with Gasteiger partial charge in [0.25, 0.3) is 0 Å². The predicted molar refractivity (Wildman–Crippen MR) is 111 cm³/mol. The van der Waals surface area contributed by atoms with Gasteiger partial charge < -0.3 is 15.5 Å². The third-order valence-electron chi connectivity index (χ3n) is 4.53. The Morgan fingerprint density at radius 3 is 2.35 bits per heavy atom. The Hall–Kier alpha value is -2.46. The highest BCUT2D eigenvalue weighted by Gasteiger charge is 2.09. The van der Waals surface area contributed by atoms with Gasteiger partial charge in [-0.25, -0.2) is 0 Å². The number of guanidine groups is 1. The maximum absolute atomic E-state index is 5.96. The monoisotopic (exact) mass is 368 g/mol. The summed E-state index contributed by atoms with van der Waals surface area (Å²) in [5, 5.41) is 7.53. The number of halogens is 1. The Morgan fingerprint density at radius 2 is 1.73 bits per heavy atom. The molecule has 0 aliphatic carbocycles. The molecule has 0 radical (unpaired) electrons. The first-order chi connectivity index (χ1) is 12.7. The molecule has 0 spiro atoms. The van der Waals surface area contributed by atoms with Crippen molar-refractivity contribution in [1.29, 1.82) is 0 Å². The van der Waals surface area contributed by atoms with Crippen LogP contribution in [0.25, 0.3) is 0 Å². The molecule has 4 nitrogen and oxygen atoms in total. The summed E-state index contributed by atoms with van der Waals surface area (Å²) in [5.74, 6) is 0.778. The van der Waals surface area contributed by atoms with Crippen LogP contribution in [0.15, 0.2) is 65.7 Å². The summed E-state index contributed by atoms with van der Waals surface area (Å²) in [4.78, 5) is 6.66. The molecule has 2 N–H and O–H groups in total. The molecule has 1 aliphatic rings. The second kappa shape index (κ2) is 8.77. The van der Waals surface area contributed by atoms with Crippen LogP contribution in [0.1, 0.15) is 24.1 Å². The van der Waals surface area contributed by atoms with Gasteiger partial charge >= 0.3 is 0 Å². The molecule has 2 aromatic carbocycles. The molecule has 0 saturated carbocycles. The van der Waals surface area contributed by atoms with Gasteiger partial charge in [0.15, 0.2) is 5.96 Å². The van der Waals surface area contributed by atoms with Crippen LogP contribution in [0.2, 0.25) is 5.02 Å². The lowest BCUT2D eigenvalue weighted by Gasteiger charge is -2.19. The molecule has 0 fully saturated rings. The van der Waals surface area contributed by atoms with Crippen molar-refractivity contribution < 1.29 is 0 Å². The molecular formula is C21H25ClN4. The highest BCUT2D eigenvalue weighted by atomic mass is 35.5. The van der Waals surface area contributed by atoms with Crippen LogP contribution in [0.5, 0.6) is 0 Å². The van der Waals surface area contributed by atoms with Crippen LogP contribution >= 0.6 is 11.6 Å². The average molecular weight is 369 g/mol. The number of hydrogen-bond acceptors (Lipinski definition) is 2. The van der Waals surface area contributed by atoms with Crippen molar-refractivity contribution in [3.8, 4) is 0 Å². The molecule has 2 aromatic rings. The molecule has 5 heteroatoms. The van der Waals surface area contributed by atoms with Crippen molar-refractivity contribution in [1.82, 2.24) is 10.6 Å². The Labute approximate surface area is 160 Å². The van der Waals surface area contributed by atoms with Crippen molar-refractivity contribution in [2.45, 2.75) is 19.5 Å². The smallest absolute Gasteiger partial charge is 0.191 e. The second-order valence-electron chi connectivity index (χ2n) is 6.39. The van der Waals surface area contributed by atoms with Gasteiger partial charge in [0.1, 0.15) is 0 Å². The lowest BCUT2D eigenvalue weighted by Crippen LogP contribution is -2.38. The van der Waals surface area contributed by atoms with Gasteiger partial charge in [0, 0.05) is 37.4 Å². The van der Waals surface area contributed by atoms with Gasteiger partial charge in [-0.15, -0.1) is 0 Å². The van der Waals surface area contributed by atoms with E-state index in [1.807, 2.05) is 24.3 Å². The van der Waals surface area contributed by atoms with Crippen LogP contribution < -0.4 is 15.5 Å². The minimum Gasteiger partial charge on any atom is -0.364 e. The molecule has 1 heterocycles. The minimum absolute atomic E-state index is 0.142. The SMILES string of the molecule is CN=C(NCc1ccc(N2CC=CC2)cc1)NC(C)c1ccc(Cl)cc1. The van der Waals surface area contributed by atoms with E-state index in [0.29, 0.717) is 0 Å². The fourth-order valence-electron chi connectivity index (χ4n) is 2.93. The fraction of sp³-hybridized carbons (Fsp3) is 0.286. The second-order valence-corrected chi connectivity index (χ2v) is 6.82. The summed E-state index contributed by atoms with van der Waals surface area (Å²) in [6.07, 6.45) is 4.40. The van der Waals surface area contributed by atoms with E-state index in [1.54, 1.807) is 7.05 Å². The van der Waals surface area contributed by atoms with Crippen LogP contribution in [-0.2, 0) is 6.54 Å². The van der Waals surface area contributed by atoms with E-state index in [9.17, 15) is 0 Å². The highest BCUT2D eigenvalue weighted by molar-refractivity contribution is 6.30. The summed E-state index contributed by atoms with van der Waals surface area (Å²) in [6, 6.07) is 16.7. The molecule has 1 atom stereocenters. The normalized spacial score (nSPS) is 15.2. The molecule has 136 valence electrons. The molecule has 3 rings (SSSR count). The number of nitrogens with one attached hydrogen (secondary N) is 2. The Kier molecular flexibility index (Phi) is 6.18. The van der Waals surface area contributed by atoms with Gasteiger partial charge in [0.2, 0.25) is 0 Å². The molecular weight excluding hydrogens is 344 g/mol. The predicted octanol–water partition coefficient (Wildman–Crippen LogP) is 4.14. The topological polar surface area (TPSA) is 39.7 Å². The summed E-state index contributed by atoms with van der Waals surface area (Å²) in [6.45, 7) is 4.83. The van der Waals surface area contributed by atoms with Crippen LogP contribution in [0.3, 0.4) is 0 Å². The first-order valence-electron chi connectivity index (χ1n) is 8.87. The van der Waals surface area contributed by atoms with Crippen molar-refractivity contribution in [3.05, 3.63) is 76.8 Å². The summed E-state index contributed by atoms with van der Waals surface area (Å²) >= 11 is 5.96. The zero-order valence-electron chi connectivity index (χ0n) is 15.2. The van der Waals surface area contributed by atoms with Gasteiger partial charge in [-0.2, -0.15) is 0 Å².